The molecule has 0 radical (unpaired) electrons. The Labute approximate surface area is 254 Å². The van der Waals surface area contributed by atoms with Crippen LogP contribution in [0.25, 0.3) is 0 Å². The maximum absolute atomic E-state index is 13.0. The molecule has 0 heterocycles. The van der Waals surface area contributed by atoms with Crippen LogP contribution in [0.1, 0.15) is 115 Å². The highest BCUT2D eigenvalue weighted by Crippen LogP contribution is 2.16. The fraction of sp³-hybridized carbons (Fsp3) is 0.583. The number of nitrogens with one attached hydrogen (secondary N) is 1. The van der Waals surface area contributed by atoms with Crippen molar-refractivity contribution in [1.82, 2.24) is 5.32 Å². The van der Waals surface area contributed by atoms with Crippen LogP contribution in [0.15, 0.2) is 60.7 Å². The lowest BCUT2D eigenvalue weighted by Crippen LogP contribution is -2.44. The minimum atomic E-state index is -0.909. The summed E-state index contributed by atoms with van der Waals surface area (Å²) < 4.78 is 10.9. The van der Waals surface area contributed by atoms with Gasteiger partial charge in [-0.3, -0.25) is 9.59 Å². The van der Waals surface area contributed by atoms with Gasteiger partial charge in [-0.25, -0.2) is 4.79 Å². The molecule has 42 heavy (non-hydrogen) atoms. The van der Waals surface area contributed by atoms with Crippen LogP contribution in [0, 0.1) is 11.8 Å². The van der Waals surface area contributed by atoms with Crippen LogP contribution in [0.5, 0.6) is 0 Å². The highest BCUT2D eigenvalue weighted by Gasteiger charge is 2.26. The molecule has 2 aromatic rings. The zero-order valence-corrected chi connectivity index (χ0v) is 26.2. The van der Waals surface area contributed by atoms with Gasteiger partial charge in [0.15, 0.2) is 0 Å². The Balaban J connectivity index is 1.73. The zero-order chi connectivity index (χ0) is 30.4. The number of carbonyl (C=O) groups is 3. The second kappa shape index (κ2) is 21.5. The van der Waals surface area contributed by atoms with Gasteiger partial charge < -0.3 is 14.8 Å². The van der Waals surface area contributed by atoms with E-state index < -0.39 is 18.0 Å². The molecule has 0 fully saturated rings. The van der Waals surface area contributed by atoms with E-state index in [1.807, 2.05) is 67.6 Å². The normalized spacial score (nSPS) is 12.5. The average Bonchev–Trinajstić information content (AvgIpc) is 3.00. The van der Waals surface area contributed by atoms with E-state index in [2.05, 4.69) is 19.2 Å². The molecule has 0 aromatic heterocycles. The molecule has 0 aliphatic rings. The fourth-order valence-corrected chi connectivity index (χ4v) is 4.84. The van der Waals surface area contributed by atoms with E-state index in [-0.39, 0.29) is 37.9 Å². The molecule has 0 saturated heterocycles. The molecule has 6 nitrogen and oxygen atoms in total. The standard InChI is InChI=1S/C36H53NO5/c1-29(2)19-13-9-7-5-4-6-8-10-14-20-30(3)35(39)37-33(36(40)42-28-32-23-17-12-18-24-32)25-26-34(38)41-27-31-21-15-11-16-22-31/h11-12,15-18,21-24,29-30,33H,4-10,13-14,19-20,25-28H2,1-3H3,(H,37,39)/t30-,33+/m1/s1. The van der Waals surface area contributed by atoms with Gasteiger partial charge in [-0.1, -0.05) is 146 Å². The van der Waals surface area contributed by atoms with Crippen LogP contribution in [-0.2, 0) is 37.1 Å². The second-order valence-electron chi connectivity index (χ2n) is 11.9. The number of hydrogen-bond donors (Lipinski definition) is 1. The monoisotopic (exact) mass is 579 g/mol. The van der Waals surface area contributed by atoms with Crippen LogP contribution in [0.4, 0.5) is 0 Å². The highest BCUT2D eigenvalue weighted by atomic mass is 16.5. The predicted molar refractivity (Wildman–Crippen MR) is 168 cm³/mol. The third-order valence-corrected chi connectivity index (χ3v) is 7.57. The van der Waals surface area contributed by atoms with E-state index in [0.717, 1.165) is 36.3 Å². The van der Waals surface area contributed by atoms with Gasteiger partial charge >= 0.3 is 11.9 Å². The first-order chi connectivity index (χ1) is 20.3. The van der Waals surface area contributed by atoms with E-state index in [9.17, 15) is 14.4 Å². The van der Waals surface area contributed by atoms with Gasteiger partial charge in [0.25, 0.3) is 0 Å². The molecule has 0 bridgehead atoms. The number of hydrogen-bond acceptors (Lipinski definition) is 5. The maximum atomic E-state index is 13.0. The molecule has 0 saturated carbocycles. The molecule has 0 unspecified atom stereocenters. The number of esters is 2. The maximum Gasteiger partial charge on any atom is 0.328 e. The minimum Gasteiger partial charge on any atom is -0.461 e. The Bertz CT molecular complexity index is 1010. The first-order valence-electron chi connectivity index (χ1n) is 16.1. The molecule has 1 N–H and O–H groups in total. The zero-order valence-electron chi connectivity index (χ0n) is 26.2. The quantitative estimate of drug-likeness (QED) is 0.112. The molecule has 0 spiro atoms. The molecule has 6 heteroatoms. The Hall–Kier alpha value is -3.15. The van der Waals surface area contributed by atoms with Crippen LogP contribution in [0.3, 0.4) is 0 Å². The molecule has 2 atom stereocenters. The molecule has 0 aliphatic carbocycles. The van der Waals surface area contributed by atoms with Crippen molar-refractivity contribution in [2.45, 2.75) is 123 Å². The lowest BCUT2D eigenvalue weighted by Gasteiger charge is -2.20. The number of rotatable bonds is 22. The van der Waals surface area contributed by atoms with Crippen molar-refractivity contribution < 1.29 is 23.9 Å². The van der Waals surface area contributed by atoms with E-state index >= 15 is 0 Å². The molecule has 0 aliphatic heterocycles. The van der Waals surface area contributed by atoms with Crippen molar-refractivity contribution in [1.29, 1.82) is 0 Å². The summed E-state index contributed by atoms with van der Waals surface area (Å²) in [4.78, 5) is 38.3. The fourth-order valence-electron chi connectivity index (χ4n) is 4.84. The number of ether oxygens (including phenoxy) is 2. The van der Waals surface area contributed by atoms with Crippen molar-refractivity contribution in [2.24, 2.45) is 11.8 Å². The van der Waals surface area contributed by atoms with Crippen LogP contribution in [0.2, 0.25) is 0 Å². The van der Waals surface area contributed by atoms with Crippen molar-refractivity contribution in [3.8, 4) is 0 Å². The van der Waals surface area contributed by atoms with Gasteiger partial charge in [-0.05, 0) is 29.9 Å². The molecular formula is C36H53NO5. The summed E-state index contributed by atoms with van der Waals surface area (Å²) in [5.74, 6) is -0.559. The number of benzene rings is 2. The largest absolute Gasteiger partial charge is 0.461 e. The first kappa shape index (κ1) is 35.0. The lowest BCUT2D eigenvalue weighted by atomic mass is 9.99. The average molecular weight is 580 g/mol. The minimum absolute atomic E-state index is 0.00429. The third kappa shape index (κ3) is 16.3. The van der Waals surface area contributed by atoms with Crippen molar-refractivity contribution in [2.75, 3.05) is 0 Å². The van der Waals surface area contributed by atoms with Crippen molar-refractivity contribution >= 4 is 17.8 Å². The van der Waals surface area contributed by atoms with Crippen LogP contribution >= 0.6 is 0 Å². The highest BCUT2D eigenvalue weighted by molar-refractivity contribution is 5.86. The lowest BCUT2D eigenvalue weighted by molar-refractivity contribution is -0.151. The first-order valence-corrected chi connectivity index (χ1v) is 16.1. The molecule has 2 aromatic carbocycles. The van der Waals surface area contributed by atoms with E-state index in [0.29, 0.717) is 0 Å². The van der Waals surface area contributed by atoms with Crippen molar-refractivity contribution in [3.05, 3.63) is 71.8 Å². The van der Waals surface area contributed by atoms with Gasteiger partial charge in [-0.2, -0.15) is 0 Å². The molecular weight excluding hydrogens is 526 g/mol. The Kier molecular flexibility index (Phi) is 18.0. The Morgan fingerprint density at radius 1 is 0.619 bits per heavy atom. The van der Waals surface area contributed by atoms with Gasteiger partial charge in [0.05, 0.1) is 0 Å². The molecule has 2 rings (SSSR count). The van der Waals surface area contributed by atoms with Crippen LogP contribution in [-0.4, -0.2) is 23.9 Å². The third-order valence-electron chi connectivity index (χ3n) is 7.57. The summed E-state index contributed by atoms with van der Waals surface area (Å²) in [6, 6.07) is 17.9. The van der Waals surface area contributed by atoms with Gasteiger partial charge in [0, 0.05) is 12.3 Å². The summed E-state index contributed by atoms with van der Waals surface area (Å²) >= 11 is 0. The van der Waals surface area contributed by atoms with Gasteiger partial charge in [-0.15, -0.1) is 0 Å². The number of amides is 1. The number of unbranched alkanes of at least 4 members (excludes halogenated alkanes) is 8. The van der Waals surface area contributed by atoms with E-state index in [1.54, 1.807) is 0 Å². The predicted octanol–water partition coefficient (Wildman–Crippen LogP) is 8.32. The van der Waals surface area contributed by atoms with Gasteiger partial charge in [0.2, 0.25) is 5.91 Å². The number of carbonyl (C=O) groups excluding carboxylic acids is 3. The summed E-state index contributed by atoms with van der Waals surface area (Å²) in [6.45, 7) is 6.75. The second-order valence-corrected chi connectivity index (χ2v) is 11.9. The molecule has 1 amide bonds. The summed E-state index contributed by atoms with van der Waals surface area (Å²) in [5, 5.41) is 2.85. The Morgan fingerprint density at radius 3 is 1.62 bits per heavy atom. The summed E-state index contributed by atoms with van der Waals surface area (Å²) in [5.41, 5.74) is 1.75. The summed E-state index contributed by atoms with van der Waals surface area (Å²) in [6.07, 6.45) is 13.4. The topological polar surface area (TPSA) is 81.7 Å². The van der Waals surface area contributed by atoms with E-state index in [4.69, 9.17) is 9.47 Å². The SMILES string of the molecule is CC(C)CCCCCCCCCCC[C@@H](C)C(=O)N[C@@H](CCC(=O)OCc1ccccc1)C(=O)OCc1ccccc1. The smallest absolute Gasteiger partial charge is 0.328 e. The van der Waals surface area contributed by atoms with Crippen LogP contribution < -0.4 is 5.32 Å². The molecule has 232 valence electrons. The Morgan fingerprint density at radius 2 is 1.10 bits per heavy atom. The summed E-state index contributed by atoms with van der Waals surface area (Å²) in [7, 11) is 0. The van der Waals surface area contributed by atoms with Gasteiger partial charge in [0.1, 0.15) is 19.3 Å². The van der Waals surface area contributed by atoms with Crippen molar-refractivity contribution in [3.63, 3.8) is 0 Å². The van der Waals surface area contributed by atoms with E-state index in [1.165, 1.54) is 51.4 Å².